The van der Waals surface area contributed by atoms with Crippen molar-refractivity contribution in [2.45, 2.75) is 43.1 Å². The number of fused-ring (bicyclic) bond motifs is 1. The Kier molecular flexibility index (Phi) is 7.67. The quantitative estimate of drug-likeness (QED) is 0.225. The molecule has 2 aromatic carbocycles. The average Bonchev–Trinajstić information content (AvgIpc) is 3.79. The van der Waals surface area contributed by atoms with Crippen molar-refractivity contribution in [3.63, 3.8) is 0 Å². The van der Waals surface area contributed by atoms with Gasteiger partial charge in [0.15, 0.2) is 0 Å². The Hall–Kier alpha value is -5.04. The topological polar surface area (TPSA) is 137 Å². The van der Waals surface area contributed by atoms with Gasteiger partial charge in [0.25, 0.3) is 5.91 Å². The zero-order chi connectivity index (χ0) is 32.9. The van der Waals surface area contributed by atoms with E-state index >= 15 is 0 Å². The molecule has 2 aliphatic rings. The molecular formula is C33H28F4N4O5. The van der Waals surface area contributed by atoms with Crippen LogP contribution in [0, 0.1) is 5.82 Å². The van der Waals surface area contributed by atoms with E-state index in [4.69, 9.17) is 15.2 Å². The molecule has 2 aromatic heterocycles. The van der Waals surface area contributed by atoms with Gasteiger partial charge in [0.1, 0.15) is 35.0 Å². The molecule has 238 valence electrons. The number of hydrogen-bond donors (Lipinski definition) is 3. The summed E-state index contributed by atoms with van der Waals surface area (Å²) in [6.45, 7) is -0.232. The molecule has 6 rings (SSSR count). The standard InChI is InChI=1S/C33H28F4N4O5/c1-31(30(38)43)17-45-28-24(31)14-26(41-27(28)18-4-7-21(34)8-5-18)32(44,33(35,36)37)16-40-29(42)19-6-11-23(20-3-2-12-39-15-20)25(13-19)46-22-9-10-22/h2-8,11-15,22,44H,9-10,16-17H2,1H3,(H2,38,43)(H,40,42)/t31-,32-/m0/s1. The van der Waals surface area contributed by atoms with Gasteiger partial charge < -0.3 is 25.6 Å². The summed E-state index contributed by atoms with van der Waals surface area (Å²) < 4.78 is 69.6. The van der Waals surface area contributed by atoms with Crippen LogP contribution in [0.25, 0.3) is 22.4 Å². The number of pyridine rings is 2. The van der Waals surface area contributed by atoms with E-state index in [2.05, 4.69) is 15.3 Å². The highest BCUT2D eigenvalue weighted by molar-refractivity contribution is 5.95. The minimum absolute atomic E-state index is 0.00330. The van der Waals surface area contributed by atoms with Gasteiger partial charge in [-0.1, -0.05) is 6.07 Å². The highest BCUT2D eigenvalue weighted by Gasteiger charge is 2.57. The van der Waals surface area contributed by atoms with Crippen molar-refractivity contribution in [1.82, 2.24) is 15.3 Å². The van der Waals surface area contributed by atoms with E-state index in [1.807, 2.05) is 6.07 Å². The summed E-state index contributed by atoms with van der Waals surface area (Å²) in [6, 6.07) is 13.6. The molecule has 46 heavy (non-hydrogen) atoms. The van der Waals surface area contributed by atoms with Crippen molar-refractivity contribution < 1.29 is 41.7 Å². The summed E-state index contributed by atoms with van der Waals surface area (Å²) in [4.78, 5) is 33.9. The van der Waals surface area contributed by atoms with Crippen LogP contribution in [0.2, 0.25) is 0 Å². The van der Waals surface area contributed by atoms with Crippen molar-refractivity contribution in [3.8, 4) is 33.9 Å². The predicted octanol–water partition coefficient (Wildman–Crippen LogP) is 4.81. The Morgan fingerprint density at radius 2 is 1.85 bits per heavy atom. The summed E-state index contributed by atoms with van der Waals surface area (Å²) in [7, 11) is 0. The van der Waals surface area contributed by atoms with Crippen molar-refractivity contribution in [3.05, 3.63) is 95.7 Å². The number of hydrogen-bond acceptors (Lipinski definition) is 7. The zero-order valence-electron chi connectivity index (χ0n) is 24.4. The van der Waals surface area contributed by atoms with Crippen LogP contribution in [0.1, 0.15) is 41.4 Å². The number of carbonyl (C=O) groups is 2. The highest BCUT2D eigenvalue weighted by atomic mass is 19.4. The smallest absolute Gasteiger partial charge is 0.424 e. The second-order valence-corrected chi connectivity index (χ2v) is 11.5. The van der Waals surface area contributed by atoms with Gasteiger partial charge in [-0.3, -0.25) is 14.6 Å². The third-order valence-electron chi connectivity index (χ3n) is 8.17. The molecule has 0 radical (unpaired) electrons. The number of alkyl halides is 3. The van der Waals surface area contributed by atoms with Gasteiger partial charge in [-0.2, -0.15) is 13.2 Å². The number of ether oxygens (including phenoxy) is 2. The molecule has 9 nitrogen and oxygen atoms in total. The summed E-state index contributed by atoms with van der Waals surface area (Å²) >= 11 is 0. The minimum atomic E-state index is -5.35. The van der Waals surface area contributed by atoms with E-state index in [1.165, 1.54) is 31.2 Å². The van der Waals surface area contributed by atoms with Crippen molar-refractivity contribution >= 4 is 11.8 Å². The molecule has 1 aliphatic heterocycles. The fraction of sp³-hybridized carbons (Fsp3) is 0.273. The van der Waals surface area contributed by atoms with Crippen LogP contribution in [0.4, 0.5) is 17.6 Å². The van der Waals surface area contributed by atoms with E-state index in [1.54, 1.807) is 24.5 Å². The Balaban J connectivity index is 1.37. The van der Waals surface area contributed by atoms with Crippen molar-refractivity contribution in [1.29, 1.82) is 0 Å². The first kappa shape index (κ1) is 31.0. The lowest BCUT2D eigenvalue weighted by atomic mass is 9.81. The lowest BCUT2D eigenvalue weighted by Crippen LogP contribution is -2.51. The number of nitrogens with two attached hydrogens (primary N) is 1. The molecule has 13 heteroatoms. The maximum atomic E-state index is 14.7. The first-order chi connectivity index (χ1) is 21.8. The number of amides is 2. The highest BCUT2D eigenvalue weighted by Crippen LogP contribution is 2.47. The fourth-order valence-electron chi connectivity index (χ4n) is 5.14. The molecule has 0 unspecified atom stereocenters. The number of nitrogens with zero attached hydrogens (tertiary/aromatic N) is 2. The maximum absolute atomic E-state index is 14.7. The summed E-state index contributed by atoms with van der Waals surface area (Å²) in [5, 5.41) is 13.5. The van der Waals surface area contributed by atoms with Crippen LogP contribution < -0.4 is 20.5 Å². The number of halogens is 4. The van der Waals surface area contributed by atoms with Crippen LogP contribution in [-0.2, 0) is 15.8 Å². The molecule has 1 saturated carbocycles. The second-order valence-electron chi connectivity index (χ2n) is 11.5. The Labute approximate surface area is 260 Å². The summed E-state index contributed by atoms with van der Waals surface area (Å²) in [6.07, 6.45) is -0.510. The number of rotatable bonds is 9. The van der Waals surface area contributed by atoms with Gasteiger partial charge in [-0.15, -0.1) is 0 Å². The van der Waals surface area contributed by atoms with Crippen LogP contribution >= 0.6 is 0 Å². The van der Waals surface area contributed by atoms with Crippen LogP contribution in [-0.4, -0.2) is 52.3 Å². The predicted molar refractivity (Wildman–Crippen MR) is 157 cm³/mol. The molecule has 4 aromatic rings. The van der Waals surface area contributed by atoms with E-state index in [9.17, 15) is 32.3 Å². The molecular weight excluding hydrogens is 608 g/mol. The molecule has 1 aliphatic carbocycles. The summed E-state index contributed by atoms with van der Waals surface area (Å²) in [5.41, 5.74) is 0.743. The SMILES string of the molecule is C[C@]1(C(N)=O)COc2c1cc([C@@](O)(CNC(=O)c1ccc(-c3cccnc3)c(OC3CC3)c1)C(F)(F)F)nc2-c1ccc(F)cc1. The number of primary amides is 1. The first-order valence-electron chi connectivity index (χ1n) is 14.3. The van der Waals surface area contributed by atoms with E-state index in [0.29, 0.717) is 11.3 Å². The molecule has 2 atom stereocenters. The third kappa shape index (κ3) is 5.62. The molecule has 1 fully saturated rings. The van der Waals surface area contributed by atoms with Crippen LogP contribution in [0.15, 0.2) is 73.1 Å². The Morgan fingerprint density at radius 3 is 2.48 bits per heavy atom. The molecule has 0 spiro atoms. The molecule has 3 heterocycles. The number of aliphatic hydroxyl groups is 1. The fourth-order valence-corrected chi connectivity index (χ4v) is 5.14. The number of benzene rings is 2. The van der Waals surface area contributed by atoms with E-state index in [-0.39, 0.29) is 40.8 Å². The average molecular weight is 637 g/mol. The monoisotopic (exact) mass is 636 g/mol. The zero-order valence-corrected chi connectivity index (χ0v) is 24.4. The van der Waals surface area contributed by atoms with Gasteiger partial charge in [0.2, 0.25) is 11.5 Å². The van der Waals surface area contributed by atoms with Crippen LogP contribution in [0.5, 0.6) is 11.5 Å². The lowest BCUT2D eigenvalue weighted by Gasteiger charge is -2.31. The molecule has 0 saturated heterocycles. The summed E-state index contributed by atoms with van der Waals surface area (Å²) in [5.74, 6) is -2.05. The number of nitrogens with one attached hydrogen (secondary N) is 1. The van der Waals surface area contributed by atoms with E-state index < -0.39 is 47.1 Å². The second kappa shape index (κ2) is 11.4. The van der Waals surface area contributed by atoms with Crippen molar-refractivity contribution in [2.24, 2.45) is 5.73 Å². The largest absolute Gasteiger partial charge is 0.490 e. The molecule has 4 N–H and O–H groups in total. The van der Waals surface area contributed by atoms with Gasteiger partial charge in [-0.05, 0) is 74.4 Å². The number of aromatic nitrogens is 2. The number of carbonyl (C=O) groups excluding carboxylic acids is 2. The van der Waals surface area contributed by atoms with Crippen LogP contribution in [0.3, 0.4) is 0 Å². The normalized spacial score (nSPS) is 18.7. The molecule has 2 amide bonds. The lowest BCUT2D eigenvalue weighted by molar-refractivity contribution is -0.265. The van der Waals surface area contributed by atoms with Gasteiger partial charge in [0, 0.05) is 40.2 Å². The van der Waals surface area contributed by atoms with Gasteiger partial charge in [-0.25, -0.2) is 9.37 Å². The first-order valence-corrected chi connectivity index (χ1v) is 14.3. The molecule has 0 bridgehead atoms. The van der Waals surface area contributed by atoms with E-state index in [0.717, 1.165) is 36.6 Å². The Morgan fingerprint density at radius 1 is 1.11 bits per heavy atom. The van der Waals surface area contributed by atoms with Gasteiger partial charge >= 0.3 is 6.18 Å². The third-order valence-corrected chi connectivity index (χ3v) is 8.17. The van der Waals surface area contributed by atoms with Gasteiger partial charge in [0.05, 0.1) is 18.3 Å². The Bertz CT molecular complexity index is 1820. The maximum Gasteiger partial charge on any atom is 0.424 e. The van der Waals surface area contributed by atoms with Crippen molar-refractivity contribution in [2.75, 3.05) is 13.2 Å². The minimum Gasteiger partial charge on any atom is -0.490 e.